The van der Waals surface area contributed by atoms with Crippen LogP contribution in [0.15, 0.2) is 81.7 Å². The van der Waals surface area contributed by atoms with E-state index >= 15 is 0 Å². The highest BCUT2D eigenvalue weighted by Gasteiger charge is 2.09. The highest BCUT2D eigenvalue weighted by molar-refractivity contribution is 9.10. The molecule has 3 aromatic carbocycles. The Morgan fingerprint density at radius 3 is 2.00 bits per heavy atom. The zero-order valence-corrected chi connectivity index (χ0v) is 18.1. The maximum Gasteiger partial charge on any atom is 0.0396 e. The number of rotatable bonds is 5. The van der Waals surface area contributed by atoms with Crippen molar-refractivity contribution in [3.8, 4) is 0 Å². The minimum atomic E-state index is 0.881. The minimum absolute atomic E-state index is 0.881. The molecule has 3 aromatic rings. The summed E-state index contributed by atoms with van der Waals surface area (Å²) in [5.41, 5.74) is 6.32. The van der Waals surface area contributed by atoms with Crippen molar-refractivity contribution in [1.82, 2.24) is 0 Å². The number of nitrogens with zero attached hydrogens (tertiary/aromatic N) is 1. The van der Waals surface area contributed by atoms with E-state index in [1.54, 1.807) is 0 Å². The first-order chi connectivity index (χ1) is 12.5. The molecule has 0 radical (unpaired) electrons. The van der Waals surface area contributed by atoms with E-state index in [2.05, 4.69) is 130 Å². The molecule has 0 aliphatic carbocycles. The molecule has 0 fully saturated rings. The fraction of sp³-hybridized carbons (Fsp3) is 0.130. The van der Waals surface area contributed by atoms with Gasteiger partial charge in [0.25, 0.3) is 0 Å². The van der Waals surface area contributed by atoms with Gasteiger partial charge in [-0.05, 0) is 52.6 Å². The Morgan fingerprint density at radius 2 is 1.38 bits per heavy atom. The SMILES string of the molecule is CN(C)c1ccccc1C/C(=C/c1ccc(Br)cc1)c1ccc(Br)cc1. The smallest absolute Gasteiger partial charge is 0.0396 e. The normalized spacial score (nSPS) is 11.5. The van der Waals surface area contributed by atoms with Gasteiger partial charge < -0.3 is 4.90 Å². The zero-order chi connectivity index (χ0) is 18.5. The molecule has 0 spiro atoms. The second kappa shape index (κ2) is 8.70. The van der Waals surface area contributed by atoms with Crippen LogP contribution in [0.4, 0.5) is 5.69 Å². The van der Waals surface area contributed by atoms with Gasteiger partial charge in [-0.3, -0.25) is 0 Å². The molecule has 3 rings (SSSR count). The Balaban J connectivity index is 2.03. The Bertz CT molecular complexity index is 894. The fourth-order valence-electron chi connectivity index (χ4n) is 2.96. The van der Waals surface area contributed by atoms with E-state index in [-0.39, 0.29) is 0 Å². The Labute approximate surface area is 172 Å². The van der Waals surface area contributed by atoms with Gasteiger partial charge in [0.15, 0.2) is 0 Å². The van der Waals surface area contributed by atoms with Crippen molar-refractivity contribution in [3.05, 3.63) is 98.4 Å². The number of benzene rings is 3. The largest absolute Gasteiger partial charge is 0.377 e. The average molecular weight is 471 g/mol. The van der Waals surface area contributed by atoms with E-state index in [1.807, 2.05) is 0 Å². The van der Waals surface area contributed by atoms with Gasteiger partial charge in [-0.1, -0.05) is 80.4 Å². The summed E-state index contributed by atoms with van der Waals surface area (Å²) >= 11 is 7.05. The molecule has 0 heterocycles. The van der Waals surface area contributed by atoms with Gasteiger partial charge in [0, 0.05) is 35.1 Å². The summed E-state index contributed by atoms with van der Waals surface area (Å²) in [5, 5.41) is 0. The quantitative estimate of drug-likeness (QED) is 0.360. The Morgan fingerprint density at radius 1 is 0.808 bits per heavy atom. The summed E-state index contributed by atoms with van der Waals surface area (Å²) in [6, 6.07) is 25.6. The van der Waals surface area contributed by atoms with Gasteiger partial charge in [0.05, 0.1) is 0 Å². The molecular weight excluding hydrogens is 450 g/mol. The van der Waals surface area contributed by atoms with Crippen LogP contribution in [-0.4, -0.2) is 14.1 Å². The Kier molecular flexibility index (Phi) is 6.33. The minimum Gasteiger partial charge on any atom is -0.377 e. The molecule has 0 amide bonds. The lowest BCUT2D eigenvalue weighted by Gasteiger charge is -2.18. The molecule has 0 N–H and O–H groups in total. The molecular formula is C23H21Br2N. The second-order valence-corrected chi connectivity index (χ2v) is 8.26. The van der Waals surface area contributed by atoms with Gasteiger partial charge in [-0.15, -0.1) is 0 Å². The fourth-order valence-corrected chi connectivity index (χ4v) is 3.49. The van der Waals surface area contributed by atoms with Crippen LogP contribution in [0.3, 0.4) is 0 Å². The topological polar surface area (TPSA) is 3.24 Å². The number of hydrogen-bond donors (Lipinski definition) is 0. The third-order valence-corrected chi connectivity index (χ3v) is 5.34. The van der Waals surface area contributed by atoms with Crippen molar-refractivity contribution in [2.45, 2.75) is 6.42 Å². The standard InChI is InChI=1S/C23H21Br2N/c1-26(2)23-6-4-3-5-19(23)16-20(18-9-13-22(25)14-10-18)15-17-7-11-21(24)12-8-17/h3-15H,16H2,1-2H3/b20-15-. The Hall–Kier alpha value is -1.84. The highest BCUT2D eigenvalue weighted by atomic mass is 79.9. The van der Waals surface area contributed by atoms with Crippen LogP contribution >= 0.6 is 31.9 Å². The molecule has 3 heteroatoms. The first-order valence-corrected chi connectivity index (χ1v) is 10.1. The number of allylic oxidation sites excluding steroid dienone is 1. The number of anilines is 1. The van der Waals surface area contributed by atoms with Crippen molar-refractivity contribution in [3.63, 3.8) is 0 Å². The van der Waals surface area contributed by atoms with Crippen molar-refractivity contribution < 1.29 is 0 Å². The molecule has 0 saturated heterocycles. The number of hydrogen-bond acceptors (Lipinski definition) is 1. The van der Waals surface area contributed by atoms with Crippen LogP contribution < -0.4 is 4.90 Å². The van der Waals surface area contributed by atoms with Gasteiger partial charge in [-0.2, -0.15) is 0 Å². The zero-order valence-electron chi connectivity index (χ0n) is 14.9. The van der Waals surface area contributed by atoms with E-state index < -0.39 is 0 Å². The molecule has 0 saturated carbocycles. The second-order valence-electron chi connectivity index (χ2n) is 6.43. The summed E-state index contributed by atoms with van der Waals surface area (Å²) < 4.78 is 2.19. The molecule has 0 aromatic heterocycles. The van der Waals surface area contributed by atoms with E-state index in [0.717, 1.165) is 15.4 Å². The van der Waals surface area contributed by atoms with E-state index in [9.17, 15) is 0 Å². The van der Waals surface area contributed by atoms with Gasteiger partial charge in [0.1, 0.15) is 0 Å². The van der Waals surface area contributed by atoms with Crippen LogP contribution in [0.1, 0.15) is 16.7 Å². The lowest BCUT2D eigenvalue weighted by molar-refractivity contribution is 1.10. The average Bonchev–Trinajstić information content (AvgIpc) is 2.64. The summed E-state index contributed by atoms with van der Waals surface area (Å²) in [4.78, 5) is 2.17. The van der Waals surface area contributed by atoms with Crippen LogP contribution in [0.5, 0.6) is 0 Å². The molecule has 1 nitrogen and oxygen atoms in total. The number of halogens is 2. The number of para-hydroxylation sites is 1. The molecule has 0 bridgehead atoms. The van der Waals surface area contributed by atoms with Gasteiger partial charge >= 0.3 is 0 Å². The van der Waals surface area contributed by atoms with Crippen LogP contribution in [0.25, 0.3) is 11.6 Å². The summed E-state index contributed by atoms with van der Waals surface area (Å²) in [7, 11) is 4.19. The van der Waals surface area contributed by atoms with Crippen molar-refractivity contribution in [2.75, 3.05) is 19.0 Å². The first kappa shape index (κ1) is 18.9. The lowest BCUT2D eigenvalue weighted by Crippen LogP contribution is -2.11. The maximum absolute atomic E-state index is 3.54. The van der Waals surface area contributed by atoms with Crippen LogP contribution in [-0.2, 0) is 6.42 Å². The predicted octanol–water partition coefficient (Wildman–Crippen LogP) is 7.06. The molecule has 0 atom stereocenters. The van der Waals surface area contributed by atoms with Crippen molar-refractivity contribution in [1.29, 1.82) is 0 Å². The van der Waals surface area contributed by atoms with Gasteiger partial charge in [-0.25, -0.2) is 0 Å². The predicted molar refractivity (Wildman–Crippen MR) is 121 cm³/mol. The van der Waals surface area contributed by atoms with Crippen LogP contribution in [0.2, 0.25) is 0 Å². The monoisotopic (exact) mass is 469 g/mol. The highest BCUT2D eigenvalue weighted by Crippen LogP contribution is 2.28. The van der Waals surface area contributed by atoms with Crippen molar-refractivity contribution >= 4 is 49.2 Å². The van der Waals surface area contributed by atoms with E-state index in [4.69, 9.17) is 0 Å². The molecule has 0 aliphatic heterocycles. The van der Waals surface area contributed by atoms with Gasteiger partial charge in [0.2, 0.25) is 0 Å². The lowest BCUT2D eigenvalue weighted by atomic mass is 9.95. The maximum atomic E-state index is 3.54. The summed E-state index contributed by atoms with van der Waals surface area (Å²) in [6.07, 6.45) is 3.16. The van der Waals surface area contributed by atoms with E-state index in [0.29, 0.717) is 0 Å². The third kappa shape index (κ3) is 4.87. The summed E-state index contributed by atoms with van der Waals surface area (Å²) in [6.45, 7) is 0. The third-order valence-electron chi connectivity index (χ3n) is 4.28. The van der Waals surface area contributed by atoms with Crippen molar-refractivity contribution in [2.24, 2.45) is 0 Å². The van der Waals surface area contributed by atoms with Crippen LogP contribution in [0, 0.1) is 0 Å². The molecule has 0 aliphatic rings. The molecule has 26 heavy (non-hydrogen) atoms. The first-order valence-electron chi connectivity index (χ1n) is 8.50. The summed E-state index contributed by atoms with van der Waals surface area (Å²) in [5.74, 6) is 0. The molecule has 0 unspecified atom stereocenters. The molecule has 132 valence electrons. The van der Waals surface area contributed by atoms with E-state index in [1.165, 1.54) is 28.0 Å².